The summed E-state index contributed by atoms with van der Waals surface area (Å²) in [7, 11) is 0. The van der Waals surface area contributed by atoms with Gasteiger partial charge in [-0.25, -0.2) is 4.79 Å². The molecule has 166 valence electrons. The van der Waals surface area contributed by atoms with Crippen molar-refractivity contribution in [3.63, 3.8) is 0 Å². The van der Waals surface area contributed by atoms with Gasteiger partial charge in [0.15, 0.2) is 0 Å². The number of aliphatic hydroxyl groups is 4. The van der Waals surface area contributed by atoms with E-state index in [1.165, 1.54) is 6.08 Å². The van der Waals surface area contributed by atoms with Crippen LogP contribution >= 0.6 is 0 Å². The number of carbonyl (C=O) groups excluding carboxylic acids is 2. The summed E-state index contributed by atoms with van der Waals surface area (Å²) in [6.07, 6.45) is 4.37. The summed E-state index contributed by atoms with van der Waals surface area (Å²) in [5.74, 6) is -1.19. The minimum Gasteiger partial charge on any atom is -0.458 e. The van der Waals surface area contributed by atoms with Gasteiger partial charge in [-0.15, -0.1) is 0 Å². The molecule has 0 radical (unpaired) electrons. The molecule has 4 saturated carbocycles. The highest BCUT2D eigenvalue weighted by atomic mass is 16.5. The van der Waals surface area contributed by atoms with Crippen molar-refractivity contribution in [1.82, 2.24) is 0 Å². The Morgan fingerprint density at radius 3 is 2.47 bits per heavy atom. The Bertz CT molecular complexity index is 809. The largest absolute Gasteiger partial charge is 0.458 e. The van der Waals surface area contributed by atoms with Gasteiger partial charge < -0.3 is 30.0 Å². The summed E-state index contributed by atoms with van der Waals surface area (Å²) in [6.45, 7) is 2.14. The first-order valence-corrected chi connectivity index (χ1v) is 11.2. The molecule has 0 spiro atoms. The predicted molar refractivity (Wildman–Crippen MR) is 105 cm³/mol. The molecule has 0 aromatic rings. The molecule has 4 fully saturated rings. The van der Waals surface area contributed by atoms with Crippen LogP contribution in [-0.4, -0.2) is 62.7 Å². The number of cyclic esters (lactones) is 1. The van der Waals surface area contributed by atoms with E-state index in [1.54, 1.807) is 0 Å². The van der Waals surface area contributed by atoms with Gasteiger partial charge in [-0.05, 0) is 55.9 Å². The lowest BCUT2D eigenvalue weighted by molar-refractivity contribution is -0.248. The third-order valence-corrected chi connectivity index (χ3v) is 9.81. The van der Waals surface area contributed by atoms with Crippen molar-refractivity contribution < 1.29 is 34.8 Å². The molecule has 1 aliphatic heterocycles. The number of fused-ring (bicyclic) bond motifs is 5. The molecule has 0 bridgehead atoms. The summed E-state index contributed by atoms with van der Waals surface area (Å²) in [5, 5.41) is 44.7. The van der Waals surface area contributed by atoms with Gasteiger partial charge in [0.25, 0.3) is 0 Å². The molecular weight excluding hydrogens is 388 g/mol. The van der Waals surface area contributed by atoms with Gasteiger partial charge in [0, 0.05) is 30.3 Å². The fourth-order valence-corrected chi connectivity index (χ4v) is 8.42. The molecule has 0 amide bonds. The number of esters is 1. The standard InChI is InChI=1S/C23H32O7/c1-20-5-3-15-16(4-7-22(28)9-14(25)2-6-21(15,22)12-24)23(20,29)10-17(26)19(20)13-8-18(27)30-11-13/h8,12,14-17,19,25-26,28-29H,2-7,9-11H2,1H3/t14-,15-,16+,17-,19+,20+,21-,22-,23-/m0/s1. The van der Waals surface area contributed by atoms with Crippen LogP contribution in [0.5, 0.6) is 0 Å². The first-order valence-electron chi connectivity index (χ1n) is 11.2. The first-order chi connectivity index (χ1) is 14.1. The highest BCUT2D eigenvalue weighted by Gasteiger charge is 2.73. The molecule has 4 aliphatic carbocycles. The van der Waals surface area contributed by atoms with Crippen molar-refractivity contribution in [2.45, 2.75) is 81.7 Å². The molecule has 7 nitrogen and oxygen atoms in total. The molecule has 0 aromatic carbocycles. The molecule has 0 aromatic heterocycles. The van der Waals surface area contributed by atoms with E-state index in [-0.39, 0.29) is 37.2 Å². The average molecular weight is 421 g/mol. The van der Waals surface area contributed by atoms with E-state index in [1.807, 2.05) is 6.92 Å². The van der Waals surface area contributed by atoms with Crippen LogP contribution in [0, 0.1) is 28.6 Å². The molecule has 5 aliphatic rings. The van der Waals surface area contributed by atoms with Gasteiger partial charge in [0.1, 0.15) is 12.9 Å². The summed E-state index contributed by atoms with van der Waals surface area (Å²) in [4.78, 5) is 24.2. The fraction of sp³-hybridized carbons (Fsp3) is 0.826. The summed E-state index contributed by atoms with van der Waals surface area (Å²) in [5.41, 5.74) is -3.31. The van der Waals surface area contributed by atoms with E-state index in [2.05, 4.69) is 0 Å². The van der Waals surface area contributed by atoms with Crippen LogP contribution in [0.3, 0.4) is 0 Å². The lowest BCUT2D eigenvalue weighted by atomic mass is 9.41. The SMILES string of the molecule is C[C@]12CC[C@H]3[C@@H](CC[C@]4(O)C[C@@H](O)CC[C@]34C=O)[C@@]1(O)C[C@H](O)[C@H]2C1=CC(=O)OC1. The smallest absolute Gasteiger partial charge is 0.331 e. The van der Waals surface area contributed by atoms with Crippen LogP contribution in [0.4, 0.5) is 0 Å². The number of hydrogen-bond donors (Lipinski definition) is 4. The lowest BCUT2D eigenvalue weighted by Gasteiger charge is -2.65. The van der Waals surface area contributed by atoms with Gasteiger partial charge in [0.05, 0.1) is 28.8 Å². The average Bonchev–Trinajstić information content (AvgIpc) is 3.18. The Balaban J connectivity index is 1.54. The van der Waals surface area contributed by atoms with Crippen molar-refractivity contribution in [1.29, 1.82) is 0 Å². The van der Waals surface area contributed by atoms with E-state index >= 15 is 0 Å². The number of aldehydes is 1. The van der Waals surface area contributed by atoms with Crippen LogP contribution in [-0.2, 0) is 14.3 Å². The second-order valence-electron chi connectivity index (χ2n) is 10.8. The van der Waals surface area contributed by atoms with Gasteiger partial charge in [-0.2, -0.15) is 0 Å². The Hall–Kier alpha value is -1.28. The van der Waals surface area contributed by atoms with Gasteiger partial charge in [0.2, 0.25) is 0 Å². The Morgan fingerprint density at radius 2 is 1.80 bits per heavy atom. The van der Waals surface area contributed by atoms with E-state index in [4.69, 9.17) is 4.74 Å². The second kappa shape index (κ2) is 6.37. The third-order valence-electron chi connectivity index (χ3n) is 9.81. The summed E-state index contributed by atoms with van der Waals surface area (Å²) < 4.78 is 5.09. The predicted octanol–water partition coefficient (Wildman–Crippen LogP) is 0.869. The molecule has 5 rings (SSSR count). The van der Waals surface area contributed by atoms with Gasteiger partial charge >= 0.3 is 5.97 Å². The Kier molecular flexibility index (Phi) is 4.38. The van der Waals surface area contributed by atoms with E-state index in [0.717, 1.165) is 11.9 Å². The third kappa shape index (κ3) is 2.35. The quantitative estimate of drug-likeness (QED) is 0.386. The van der Waals surface area contributed by atoms with Crippen molar-refractivity contribution in [3.05, 3.63) is 11.6 Å². The molecule has 4 N–H and O–H groups in total. The maximum Gasteiger partial charge on any atom is 0.331 e. The normalized spacial score (nSPS) is 55.2. The zero-order valence-electron chi connectivity index (χ0n) is 17.4. The zero-order chi connectivity index (χ0) is 21.5. The zero-order valence-corrected chi connectivity index (χ0v) is 17.4. The van der Waals surface area contributed by atoms with Crippen molar-refractivity contribution in [2.75, 3.05) is 6.61 Å². The second-order valence-corrected chi connectivity index (χ2v) is 10.8. The van der Waals surface area contributed by atoms with E-state index in [9.17, 15) is 30.0 Å². The van der Waals surface area contributed by atoms with Crippen LogP contribution in [0.15, 0.2) is 11.6 Å². The van der Waals surface area contributed by atoms with E-state index < -0.39 is 40.2 Å². The minimum absolute atomic E-state index is 0.149. The number of rotatable bonds is 2. The monoisotopic (exact) mass is 420 g/mol. The number of hydrogen-bond acceptors (Lipinski definition) is 7. The van der Waals surface area contributed by atoms with Gasteiger partial charge in [-0.1, -0.05) is 6.92 Å². The molecule has 1 heterocycles. The van der Waals surface area contributed by atoms with E-state index in [0.29, 0.717) is 38.5 Å². The van der Waals surface area contributed by atoms with Crippen molar-refractivity contribution in [3.8, 4) is 0 Å². The fourth-order valence-electron chi connectivity index (χ4n) is 8.42. The summed E-state index contributed by atoms with van der Waals surface area (Å²) >= 11 is 0. The van der Waals surface area contributed by atoms with Crippen molar-refractivity contribution >= 4 is 12.3 Å². The molecule has 9 atom stereocenters. The van der Waals surface area contributed by atoms with Crippen molar-refractivity contribution in [2.24, 2.45) is 28.6 Å². The Labute approximate surface area is 176 Å². The van der Waals surface area contributed by atoms with Crippen LogP contribution < -0.4 is 0 Å². The highest BCUT2D eigenvalue weighted by molar-refractivity contribution is 5.85. The maximum absolute atomic E-state index is 12.5. The molecule has 30 heavy (non-hydrogen) atoms. The lowest BCUT2D eigenvalue weighted by Crippen LogP contribution is -2.68. The maximum atomic E-state index is 12.5. The number of aliphatic hydroxyl groups excluding tert-OH is 2. The van der Waals surface area contributed by atoms with Crippen LogP contribution in [0.2, 0.25) is 0 Å². The molecule has 0 saturated heterocycles. The summed E-state index contributed by atoms with van der Waals surface area (Å²) in [6, 6.07) is 0. The minimum atomic E-state index is -1.25. The number of carbonyl (C=O) groups is 2. The first kappa shape index (κ1) is 20.6. The topological polar surface area (TPSA) is 124 Å². The Morgan fingerprint density at radius 1 is 1.07 bits per heavy atom. The number of ether oxygens (including phenoxy) is 1. The molecule has 0 unspecified atom stereocenters. The molecular formula is C23H32O7. The highest BCUT2D eigenvalue weighted by Crippen LogP contribution is 2.70. The molecule has 7 heteroatoms. The van der Waals surface area contributed by atoms with Crippen LogP contribution in [0.1, 0.15) is 58.3 Å². The van der Waals surface area contributed by atoms with Crippen LogP contribution in [0.25, 0.3) is 0 Å². The van der Waals surface area contributed by atoms with Gasteiger partial charge in [-0.3, -0.25) is 0 Å².